The van der Waals surface area contributed by atoms with Crippen LogP contribution in [0.5, 0.6) is 5.75 Å². The Hall–Kier alpha value is -3.32. The minimum absolute atomic E-state index is 0.0100. The largest absolute Gasteiger partial charge is 0.462 e. The van der Waals surface area contributed by atoms with Gasteiger partial charge in [0.1, 0.15) is 30.7 Å². The van der Waals surface area contributed by atoms with Gasteiger partial charge < -0.3 is 25.4 Å². The van der Waals surface area contributed by atoms with Gasteiger partial charge >= 0.3 is 12.1 Å². The molecule has 0 aliphatic carbocycles. The predicted octanol–water partition coefficient (Wildman–Crippen LogP) is 5.45. The number of nitrogens with one attached hydrogen (secondary N) is 1. The minimum atomic E-state index is -4.74. The molecule has 1 aromatic carbocycles. The summed E-state index contributed by atoms with van der Waals surface area (Å²) in [6.07, 6.45) is -2.19. The van der Waals surface area contributed by atoms with E-state index in [2.05, 4.69) is 15.3 Å². The van der Waals surface area contributed by atoms with E-state index in [9.17, 15) is 22.0 Å². The topological polar surface area (TPSA) is 88.2 Å². The average Bonchev–Trinajstić information content (AvgIpc) is 3.29. The Bertz CT molecular complexity index is 1460. The molecule has 14 heteroatoms. The van der Waals surface area contributed by atoms with Gasteiger partial charge in [0.05, 0.1) is 45.8 Å². The van der Waals surface area contributed by atoms with E-state index in [1.165, 1.54) is 19.2 Å². The van der Waals surface area contributed by atoms with Crippen LogP contribution in [0.15, 0.2) is 29.3 Å². The van der Waals surface area contributed by atoms with Gasteiger partial charge in [-0.25, -0.2) is 18.8 Å². The lowest BCUT2D eigenvalue weighted by Gasteiger charge is -2.31. The Morgan fingerprint density at radius 3 is 2.80 bits per heavy atom. The number of ether oxygens (including phenoxy) is 2. The first-order chi connectivity index (χ1) is 18.8. The molecule has 40 heavy (non-hydrogen) atoms. The van der Waals surface area contributed by atoms with Gasteiger partial charge in [-0.2, -0.15) is 13.2 Å². The van der Waals surface area contributed by atoms with Crippen LogP contribution >= 0.6 is 11.6 Å². The number of benzene rings is 1. The Balaban J connectivity index is 1.42. The van der Waals surface area contributed by atoms with Gasteiger partial charge in [0.2, 0.25) is 0 Å². The molecule has 0 saturated carbocycles. The maximum Gasteiger partial charge on any atom is 0.418 e. The zero-order valence-corrected chi connectivity index (χ0v) is 22.4. The van der Waals surface area contributed by atoms with Gasteiger partial charge in [-0.1, -0.05) is 11.6 Å². The number of hydrogen-bond donors (Lipinski definition) is 2. The van der Waals surface area contributed by atoms with Crippen molar-refractivity contribution in [3.05, 3.63) is 46.0 Å². The van der Waals surface area contributed by atoms with Gasteiger partial charge in [-0.3, -0.25) is 4.90 Å². The average molecular weight is 585 g/mol. The number of nitrogen functional groups attached to an aromatic ring is 1. The molecular formula is C26H26ClF5N6O2. The van der Waals surface area contributed by atoms with E-state index in [1.807, 2.05) is 0 Å². The fourth-order valence-corrected chi connectivity index (χ4v) is 6.49. The quantitative estimate of drug-likeness (QED) is 0.462. The smallest absolute Gasteiger partial charge is 0.418 e. The summed E-state index contributed by atoms with van der Waals surface area (Å²) >= 11 is 6.71. The number of amidine groups is 1. The molecule has 2 fully saturated rings. The number of aromatic nitrogens is 1. The summed E-state index contributed by atoms with van der Waals surface area (Å²) in [4.78, 5) is 11.9. The van der Waals surface area contributed by atoms with E-state index in [4.69, 9.17) is 26.8 Å². The molecule has 0 radical (unpaired) electrons. The fraction of sp³-hybridized carbons (Fsp3) is 0.462. The van der Waals surface area contributed by atoms with Gasteiger partial charge in [0.25, 0.3) is 5.92 Å². The van der Waals surface area contributed by atoms with Crippen molar-refractivity contribution in [2.75, 3.05) is 44.5 Å². The first-order valence-corrected chi connectivity index (χ1v) is 13.0. The van der Waals surface area contributed by atoms with Gasteiger partial charge in [0.15, 0.2) is 0 Å². The molecule has 214 valence electrons. The SMILES string of the molecule is Cc1cc(N)nc(-c2cc3c4c(c2Cl)NCN=C4N(C)C=C(OC[C@]24CCCN2CC(F)(F)C4)O3)c1C(F)(F)F. The van der Waals surface area contributed by atoms with Crippen molar-refractivity contribution in [3.63, 3.8) is 0 Å². The van der Waals surface area contributed by atoms with E-state index in [0.29, 0.717) is 30.1 Å². The molecule has 0 unspecified atom stereocenters. The van der Waals surface area contributed by atoms with E-state index >= 15 is 0 Å². The number of rotatable bonds is 4. The third-order valence-corrected chi connectivity index (χ3v) is 8.18. The molecule has 4 aliphatic rings. The molecule has 0 amide bonds. The van der Waals surface area contributed by atoms with E-state index < -0.39 is 28.9 Å². The monoisotopic (exact) mass is 584 g/mol. The molecular weight excluding hydrogens is 559 g/mol. The Labute approximate surface area is 231 Å². The maximum atomic E-state index is 14.3. The summed E-state index contributed by atoms with van der Waals surface area (Å²) in [7, 11) is 1.70. The third-order valence-electron chi connectivity index (χ3n) is 7.79. The lowest BCUT2D eigenvalue weighted by molar-refractivity contribution is -0.137. The molecule has 0 bridgehead atoms. The van der Waals surface area contributed by atoms with Crippen molar-refractivity contribution < 1.29 is 31.4 Å². The lowest BCUT2D eigenvalue weighted by atomic mass is 9.94. The van der Waals surface area contributed by atoms with E-state index in [0.717, 1.165) is 12.5 Å². The second-order valence-corrected chi connectivity index (χ2v) is 11.0. The van der Waals surface area contributed by atoms with Crippen LogP contribution in [0.25, 0.3) is 11.3 Å². The number of alkyl halides is 5. The number of fused-ring (bicyclic) bond motifs is 1. The third kappa shape index (κ3) is 4.39. The molecule has 2 aromatic rings. The number of anilines is 2. The summed E-state index contributed by atoms with van der Waals surface area (Å²) in [5.74, 6) is -2.37. The number of nitrogens with two attached hydrogens (primary N) is 1. The minimum Gasteiger partial charge on any atom is -0.462 e. The highest BCUT2D eigenvalue weighted by atomic mass is 35.5. The molecule has 2 saturated heterocycles. The second kappa shape index (κ2) is 9.10. The molecule has 1 atom stereocenters. The van der Waals surface area contributed by atoms with Crippen molar-refractivity contribution in [1.29, 1.82) is 0 Å². The number of pyridine rings is 1. The highest BCUT2D eigenvalue weighted by molar-refractivity contribution is 6.37. The molecule has 3 N–H and O–H groups in total. The molecule has 0 spiro atoms. The van der Waals surface area contributed by atoms with Crippen LogP contribution in [-0.2, 0) is 10.9 Å². The zero-order chi connectivity index (χ0) is 28.6. The van der Waals surface area contributed by atoms with Crippen LogP contribution < -0.4 is 15.8 Å². The lowest BCUT2D eigenvalue weighted by Crippen LogP contribution is -2.42. The van der Waals surface area contributed by atoms with Crippen LogP contribution in [0.4, 0.5) is 33.5 Å². The molecule has 5 heterocycles. The molecule has 8 nitrogen and oxygen atoms in total. The normalized spacial score (nSPS) is 23.4. The molecule has 6 rings (SSSR count). The van der Waals surface area contributed by atoms with Crippen LogP contribution in [-0.4, -0.2) is 65.5 Å². The Kier molecular flexibility index (Phi) is 6.11. The number of aliphatic imine (C=N–C) groups is 1. The molecule has 4 aliphatic heterocycles. The summed E-state index contributed by atoms with van der Waals surface area (Å²) in [6, 6.07) is 2.50. The number of halogens is 6. The first kappa shape index (κ1) is 26.9. The van der Waals surface area contributed by atoms with Crippen molar-refractivity contribution in [3.8, 4) is 17.0 Å². The Morgan fingerprint density at radius 1 is 1.27 bits per heavy atom. The van der Waals surface area contributed by atoms with E-state index in [-0.39, 0.29) is 59.9 Å². The van der Waals surface area contributed by atoms with Gasteiger partial charge in [-0.15, -0.1) is 0 Å². The second-order valence-electron chi connectivity index (χ2n) is 10.6. The van der Waals surface area contributed by atoms with Gasteiger partial charge in [0, 0.05) is 19.0 Å². The van der Waals surface area contributed by atoms with Crippen LogP contribution in [0.2, 0.25) is 5.02 Å². The standard InChI is InChI=1S/C26H26ClF5N6O2/c1-13-6-16(33)36-21(19(13)26(30,31)32)14-7-15-18-22(20(14)27)34-12-35-23(18)37(2)8-17(40-15)39-11-24-4-3-5-38(24)10-25(28,29)9-24/h6-8,34H,3-5,9-12H2,1-2H3,(H2,33,36)/t24-/m1/s1. The highest BCUT2D eigenvalue weighted by Crippen LogP contribution is 2.49. The maximum absolute atomic E-state index is 14.3. The van der Waals surface area contributed by atoms with E-state index in [1.54, 1.807) is 16.8 Å². The fourth-order valence-electron chi connectivity index (χ4n) is 6.18. The zero-order valence-electron chi connectivity index (χ0n) is 21.6. The van der Waals surface area contributed by atoms with Crippen molar-refractivity contribution in [1.82, 2.24) is 14.8 Å². The van der Waals surface area contributed by atoms with Gasteiger partial charge in [-0.05, 0) is 44.0 Å². The highest BCUT2D eigenvalue weighted by Gasteiger charge is 2.57. The first-order valence-electron chi connectivity index (χ1n) is 12.7. The summed E-state index contributed by atoms with van der Waals surface area (Å²) in [5, 5.41) is 3.02. The molecule has 1 aromatic heterocycles. The van der Waals surface area contributed by atoms with Crippen molar-refractivity contribution in [2.24, 2.45) is 4.99 Å². The Morgan fingerprint density at radius 2 is 2.05 bits per heavy atom. The van der Waals surface area contributed by atoms with Crippen molar-refractivity contribution in [2.45, 2.75) is 43.8 Å². The summed E-state index contributed by atoms with van der Waals surface area (Å²) < 4.78 is 83.2. The predicted molar refractivity (Wildman–Crippen MR) is 139 cm³/mol. The van der Waals surface area contributed by atoms with Crippen LogP contribution in [0, 0.1) is 6.92 Å². The van der Waals surface area contributed by atoms with Crippen molar-refractivity contribution >= 4 is 28.9 Å². The summed E-state index contributed by atoms with van der Waals surface area (Å²) in [6.45, 7) is 1.60. The number of aryl methyl sites for hydroxylation is 1. The number of nitrogens with zero attached hydrogens (tertiary/aromatic N) is 4. The van der Waals surface area contributed by atoms with Crippen LogP contribution in [0.1, 0.15) is 36.0 Å². The summed E-state index contributed by atoms with van der Waals surface area (Å²) in [5.41, 5.74) is 4.18. The van der Waals surface area contributed by atoms with Crippen LogP contribution in [0.3, 0.4) is 0 Å². The number of hydrogen-bond acceptors (Lipinski definition) is 8.